The molecule has 0 aromatic carbocycles. The predicted octanol–water partition coefficient (Wildman–Crippen LogP) is 3.20. The van der Waals surface area contributed by atoms with Gasteiger partial charge in [0.15, 0.2) is 0 Å². The van der Waals surface area contributed by atoms with Crippen molar-refractivity contribution in [3.8, 4) is 0 Å². The van der Waals surface area contributed by atoms with Gasteiger partial charge in [-0.05, 0) is 0 Å². The first kappa shape index (κ1) is 12.7. The second-order valence-electron chi connectivity index (χ2n) is 5.12. The van der Waals surface area contributed by atoms with Crippen LogP contribution >= 0.6 is 0 Å². The maximum atomic E-state index is 2.74. The predicted molar refractivity (Wildman–Crippen MR) is 57.0 cm³/mol. The molecule has 0 spiro atoms. The van der Waals surface area contributed by atoms with Gasteiger partial charge in [-0.3, -0.25) is 0 Å². The van der Waals surface area contributed by atoms with Crippen molar-refractivity contribution in [3.05, 3.63) is 0 Å². The Labute approximate surface area is 99.0 Å². The second kappa shape index (κ2) is 4.26. The molecule has 1 rings (SSSR count). The summed E-state index contributed by atoms with van der Waals surface area (Å²) in [7, 11) is 0. The summed E-state index contributed by atoms with van der Waals surface area (Å²) in [4.78, 5) is 0. The molecule has 14 heavy (non-hydrogen) atoms. The van der Waals surface area contributed by atoms with Crippen LogP contribution in [0.2, 0.25) is 0 Å². The third-order valence-corrected chi connectivity index (χ3v) is 8.92. The fourth-order valence-corrected chi connectivity index (χ4v) is 7.21. The summed E-state index contributed by atoms with van der Waals surface area (Å²) in [6, 6.07) is 0. The summed E-state index contributed by atoms with van der Waals surface area (Å²) in [5.41, 5.74) is 0.881. The van der Waals surface area contributed by atoms with E-state index in [2.05, 4.69) is 48.4 Å². The molecule has 0 amide bonds. The van der Waals surface area contributed by atoms with Crippen LogP contribution in [0.1, 0.15) is 60.8 Å². The molecule has 3 heteroatoms. The normalized spacial score (nSPS) is 27.3. The number of hydrogen-bond donors (Lipinski definition) is 0. The molecule has 2 nitrogen and oxygen atoms in total. The van der Waals surface area contributed by atoms with Crippen LogP contribution in [0, 0.1) is 0 Å². The first-order valence-electron chi connectivity index (χ1n) is 5.73. The van der Waals surface area contributed by atoms with Gasteiger partial charge < -0.3 is 0 Å². The van der Waals surface area contributed by atoms with Gasteiger partial charge in [0, 0.05) is 0 Å². The van der Waals surface area contributed by atoms with E-state index in [1.165, 1.54) is 19.3 Å². The Morgan fingerprint density at radius 1 is 0.857 bits per heavy atom. The number of rotatable bonds is 4. The van der Waals surface area contributed by atoms with Crippen LogP contribution < -0.4 is 0 Å². The quantitative estimate of drug-likeness (QED) is 0.706. The number of hydrazine groups is 1. The van der Waals surface area contributed by atoms with E-state index in [9.17, 15) is 0 Å². The molecule has 0 radical (unpaired) electrons. The van der Waals surface area contributed by atoms with Gasteiger partial charge in [-0.15, -0.1) is 0 Å². The summed E-state index contributed by atoms with van der Waals surface area (Å²) < 4.78 is 5.41. The van der Waals surface area contributed by atoms with E-state index < -0.39 is 20.3 Å². The SMILES string of the molecule is CCC(CC)(CC)[N]1[Ta][N]1C(C)(C)C. The van der Waals surface area contributed by atoms with Crippen LogP contribution in [0.15, 0.2) is 0 Å². The third kappa shape index (κ3) is 2.25. The molecule has 0 aliphatic carbocycles. The second-order valence-corrected chi connectivity index (χ2v) is 8.49. The first-order chi connectivity index (χ1) is 6.41. The Bertz CT molecular complexity index is 186. The fraction of sp³-hybridized carbons (Fsp3) is 1.00. The van der Waals surface area contributed by atoms with Crippen molar-refractivity contribution in [2.75, 3.05) is 0 Å². The molecule has 83 valence electrons. The van der Waals surface area contributed by atoms with Crippen LogP contribution in [0.4, 0.5) is 0 Å². The molecule has 0 aromatic heterocycles. The van der Waals surface area contributed by atoms with Crippen LogP contribution in [0.5, 0.6) is 0 Å². The molecule has 0 bridgehead atoms. The van der Waals surface area contributed by atoms with Gasteiger partial charge in [-0.1, -0.05) is 0 Å². The Morgan fingerprint density at radius 3 is 1.50 bits per heavy atom. The Hall–Kier alpha value is 0.660. The molecule has 2 unspecified atom stereocenters. The van der Waals surface area contributed by atoms with Crippen molar-refractivity contribution < 1.29 is 20.3 Å². The van der Waals surface area contributed by atoms with Gasteiger partial charge in [0.2, 0.25) is 0 Å². The fourth-order valence-electron chi connectivity index (χ4n) is 1.95. The molecule has 0 aromatic rings. The topological polar surface area (TPSA) is 6.02 Å². The molecule has 1 fully saturated rings. The van der Waals surface area contributed by atoms with E-state index >= 15 is 0 Å². The minimum absolute atomic E-state index is 0.377. The molecule has 0 N–H and O–H groups in total. The van der Waals surface area contributed by atoms with Gasteiger partial charge in [-0.2, -0.15) is 0 Å². The maximum absolute atomic E-state index is 2.74. The summed E-state index contributed by atoms with van der Waals surface area (Å²) in [6.07, 6.45) is 3.90. The van der Waals surface area contributed by atoms with E-state index in [4.69, 9.17) is 0 Å². The zero-order valence-corrected chi connectivity index (χ0v) is 13.7. The van der Waals surface area contributed by atoms with E-state index in [0.29, 0.717) is 11.1 Å². The van der Waals surface area contributed by atoms with Crippen molar-refractivity contribution in [1.82, 2.24) is 6.83 Å². The average Bonchev–Trinajstić information content (AvgIpc) is 2.88. The zero-order valence-electron chi connectivity index (χ0n) is 10.5. The summed E-state index contributed by atoms with van der Waals surface area (Å²) in [5.74, 6) is 0. The summed E-state index contributed by atoms with van der Waals surface area (Å²) in [6.45, 7) is 14.0. The molecule has 1 heterocycles. The Morgan fingerprint density at radius 2 is 1.29 bits per heavy atom. The molecule has 2 atom stereocenters. The molecular weight excluding hydrogens is 341 g/mol. The van der Waals surface area contributed by atoms with E-state index in [1.807, 2.05) is 0 Å². The van der Waals surface area contributed by atoms with Gasteiger partial charge in [0.05, 0.1) is 0 Å². The van der Waals surface area contributed by atoms with Crippen LogP contribution in [0.3, 0.4) is 0 Å². The molecular formula is C11H24N2Ta. The van der Waals surface area contributed by atoms with Crippen LogP contribution in [-0.4, -0.2) is 17.9 Å². The van der Waals surface area contributed by atoms with Crippen molar-refractivity contribution in [2.45, 2.75) is 71.9 Å². The number of nitrogens with zero attached hydrogens (tertiary/aromatic N) is 2. The first-order valence-corrected chi connectivity index (χ1v) is 8.60. The molecule has 0 saturated carbocycles. The van der Waals surface area contributed by atoms with Crippen molar-refractivity contribution >= 4 is 0 Å². The summed E-state index contributed by atoms with van der Waals surface area (Å²) >= 11 is -0.450. The van der Waals surface area contributed by atoms with Crippen LogP contribution in [-0.2, 0) is 20.3 Å². The van der Waals surface area contributed by atoms with Crippen molar-refractivity contribution in [2.24, 2.45) is 0 Å². The van der Waals surface area contributed by atoms with Gasteiger partial charge >= 0.3 is 99.0 Å². The van der Waals surface area contributed by atoms with Crippen LogP contribution in [0.25, 0.3) is 0 Å². The Balaban J connectivity index is 2.67. The van der Waals surface area contributed by atoms with E-state index in [-0.39, 0.29) is 0 Å². The van der Waals surface area contributed by atoms with Crippen molar-refractivity contribution in [3.63, 3.8) is 0 Å². The van der Waals surface area contributed by atoms with Gasteiger partial charge in [-0.25, -0.2) is 0 Å². The van der Waals surface area contributed by atoms with Gasteiger partial charge in [0.1, 0.15) is 0 Å². The standard InChI is InChI=1S/C11H24N2.Ta/c1-7-11(8-2,9-3)13-12-10(4,5)6;/h7-9H2,1-6H3;/q-2;+2. The minimum atomic E-state index is -0.450. The van der Waals surface area contributed by atoms with E-state index in [0.717, 1.165) is 0 Å². The average molecular weight is 365 g/mol. The van der Waals surface area contributed by atoms with E-state index in [1.54, 1.807) is 0 Å². The number of hydrogen-bond acceptors (Lipinski definition) is 2. The Kier molecular flexibility index (Phi) is 3.88. The van der Waals surface area contributed by atoms with Gasteiger partial charge in [0.25, 0.3) is 0 Å². The van der Waals surface area contributed by atoms with Crippen molar-refractivity contribution in [1.29, 1.82) is 0 Å². The molecule has 1 aliphatic rings. The summed E-state index contributed by atoms with van der Waals surface area (Å²) in [5, 5.41) is 0. The monoisotopic (exact) mass is 365 g/mol. The molecule has 1 aliphatic heterocycles. The molecule has 1 saturated heterocycles. The third-order valence-electron chi connectivity index (χ3n) is 3.32. The zero-order chi connectivity index (χ0) is 11.0.